The maximum atomic E-state index is 12.4. The number of para-hydroxylation sites is 1. The van der Waals surface area contributed by atoms with Gasteiger partial charge < -0.3 is 10.1 Å². The average molecular weight is 439 g/mol. The van der Waals surface area contributed by atoms with Crippen LogP contribution in [0.3, 0.4) is 0 Å². The number of nitrogens with zero attached hydrogens (tertiary/aromatic N) is 1. The Morgan fingerprint density at radius 3 is 2.50 bits per heavy atom. The number of benzene rings is 4. The molecule has 0 saturated carbocycles. The Balaban J connectivity index is 1.48. The van der Waals surface area contributed by atoms with Crippen LogP contribution in [-0.4, -0.2) is 5.91 Å². The molecule has 1 N–H and O–H groups in total. The van der Waals surface area contributed by atoms with Gasteiger partial charge in [0.2, 0.25) is 0 Å². The first-order valence-corrected chi connectivity index (χ1v) is 10.4. The molecule has 0 heterocycles. The zero-order chi connectivity index (χ0) is 22.3. The quantitative estimate of drug-likeness (QED) is 0.272. The van der Waals surface area contributed by atoms with Crippen molar-refractivity contribution in [3.05, 3.63) is 113 Å². The van der Waals surface area contributed by atoms with E-state index in [1.807, 2.05) is 48.5 Å². The van der Waals surface area contributed by atoms with Crippen LogP contribution in [-0.2, 0) is 11.4 Å². The second-order valence-electron chi connectivity index (χ2n) is 7.11. The molecule has 0 aliphatic heterocycles. The summed E-state index contributed by atoms with van der Waals surface area (Å²) >= 11 is 6.41. The van der Waals surface area contributed by atoms with E-state index in [1.165, 1.54) is 6.08 Å². The summed E-state index contributed by atoms with van der Waals surface area (Å²) in [6.45, 7) is 0.374. The Hall–Kier alpha value is -4.07. The van der Waals surface area contributed by atoms with Crippen molar-refractivity contribution in [2.24, 2.45) is 0 Å². The van der Waals surface area contributed by atoms with Crippen LogP contribution >= 0.6 is 11.6 Å². The third kappa shape index (κ3) is 4.97. The molecule has 32 heavy (non-hydrogen) atoms. The molecule has 4 aromatic carbocycles. The number of halogens is 1. The Morgan fingerprint density at radius 2 is 1.72 bits per heavy atom. The average Bonchev–Trinajstić information content (AvgIpc) is 2.82. The molecule has 0 aliphatic rings. The lowest BCUT2D eigenvalue weighted by atomic mass is 10.1. The van der Waals surface area contributed by atoms with E-state index in [4.69, 9.17) is 16.3 Å². The zero-order valence-electron chi connectivity index (χ0n) is 17.1. The van der Waals surface area contributed by atoms with Crippen LogP contribution in [0, 0.1) is 11.3 Å². The van der Waals surface area contributed by atoms with Crippen LogP contribution in [0.25, 0.3) is 16.8 Å². The van der Waals surface area contributed by atoms with Crippen molar-refractivity contribution in [3.8, 4) is 11.8 Å². The van der Waals surface area contributed by atoms with Crippen LogP contribution in [0.2, 0.25) is 5.02 Å². The van der Waals surface area contributed by atoms with Crippen molar-refractivity contribution in [1.82, 2.24) is 0 Å². The first-order chi connectivity index (χ1) is 15.6. The number of amides is 1. The van der Waals surface area contributed by atoms with E-state index in [-0.39, 0.29) is 5.57 Å². The summed E-state index contributed by atoms with van der Waals surface area (Å²) in [6.07, 6.45) is 1.50. The second kappa shape index (κ2) is 9.82. The predicted molar refractivity (Wildman–Crippen MR) is 128 cm³/mol. The van der Waals surface area contributed by atoms with Crippen LogP contribution in [0.4, 0.5) is 5.69 Å². The minimum Gasteiger partial charge on any atom is -0.487 e. The molecule has 4 rings (SSSR count). The van der Waals surface area contributed by atoms with Gasteiger partial charge in [-0.05, 0) is 52.2 Å². The lowest BCUT2D eigenvalue weighted by Gasteiger charge is -2.11. The number of anilines is 1. The van der Waals surface area contributed by atoms with E-state index in [0.29, 0.717) is 28.6 Å². The molecule has 0 bridgehead atoms. The molecule has 1 amide bonds. The molecule has 0 aliphatic carbocycles. The standard InChI is InChI=1S/C27H19ClN2O2/c28-25-16-19(15-22(17-29)27(31)30-23-10-2-1-3-11-23)13-14-26(25)32-18-21-9-6-8-20-7-4-5-12-24(20)21/h1-16H,18H2,(H,30,31)/b22-15+. The maximum Gasteiger partial charge on any atom is 0.266 e. The molecule has 156 valence electrons. The maximum absolute atomic E-state index is 12.4. The monoisotopic (exact) mass is 438 g/mol. The van der Waals surface area contributed by atoms with E-state index < -0.39 is 5.91 Å². The van der Waals surface area contributed by atoms with Gasteiger partial charge in [-0.25, -0.2) is 0 Å². The summed E-state index contributed by atoms with van der Waals surface area (Å²) in [4.78, 5) is 12.4. The van der Waals surface area contributed by atoms with E-state index in [1.54, 1.807) is 30.3 Å². The normalized spacial score (nSPS) is 11.1. The molecule has 0 aromatic heterocycles. The largest absolute Gasteiger partial charge is 0.487 e. The second-order valence-corrected chi connectivity index (χ2v) is 7.51. The number of nitrogens with one attached hydrogen (secondary N) is 1. The summed E-state index contributed by atoms with van der Waals surface area (Å²) in [5.74, 6) is 0.0510. The van der Waals surface area contributed by atoms with Crippen LogP contribution in [0.1, 0.15) is 11.1 Å². The Bertz CT molecular complexity index is 1340. The molecule has 0 spiro atoms. The van der Waals surface area contributed by atoms with Gasteiger partial charge in [0.05, 0.1) is 5.02 Å². The van der Waals surface area contributed by atoms with E-state index >= 15 is 0 Å². The fourth-order valence-electron chi connectivity index (χ4n) is 3.33. The minimum atomic E-state index is -0.480. The number of hydrogen-bond acceptors (Lipinski definition) is 3. The van der Waals surface area contributed by atoms with Crippen molar-refractivity contribution in [3.63, 3.8) is 0 Å². The lowest BCUT2D eigenvalue weighted by molar-refractivity contribution is -0.112. The highest BCUT2D eigenvalue weighted by Gasteiger charge is 2.11. The number of carbonyl (C=O) groups excluding carboxylic acids is 1. The fraction of sp³-hybridized carbons (Fsp3) is 0.0370. The molecule has 0 saturated heterocycles. The van der Waals surface area contributed by atoms with Crippen molar-refractivity contribution in [2.45, 2.75) is 6.61 Å². The first kappa shape index (κ1) is 21.2. The Labute approximate surface area is 191 Å². The minimum absolute atomic E-state index is 0.0191. The molecule has 5 heteroatoms. The van der Waals surface area contributed by atoms with Gasteiger partial charge in [-0.15, -0.1) is 0 Å². The highest BCUT2D eigenvalue weighted by Crippen LogP contribution is 2.28. The van der Waals surface area contributed by atoms with E-state index in [9.17, 15) is 10.1 Å². The molecule has 0 radical (unpaired) electrons. The third-order valence-corrected chi connectivity index (χ3v) is 5.22. The highest BCUT2D eigenvalue weighted by atomic mass is 35.5. The highest BCUT2D eigenvalue weighted by molar-refractivity contribution is 6.32. The fourth-order valence-corrected chi connectivity index (χ4v) is 3.58. The number of ether oxygens (including phenoxy) is 1. The van der Waals surface area contributed by atoms with Gasteiger partial charge in [-0.3, -0.25) is 4.79 Å². The van der Waals surface area contributed by atoms with Gasteiger partial charge in [-0.1, -0.05) is 78.3 Å². The van der Waals surface area contributed by atoms with Crippen LogP contribution in [0.5, 0.6) is 5.75 Å². The predicted octanol–water partition coefficient (Wildman–Crippen LogP) is 6.62. The smallest absolute Gasteiger partial charge is 0.266 e. The topological polar surface area (TPSA) is 62.1 Å². The van der Waals surface area contributed by atoms with Crippen molar-refractivity contribution >= 4 is 40.0 Å². The number of rotatable bonds is 6. The summed E-state index contributed by atoms with van der Waals surface area (Å²) in [5.41, 5.74) is 2.29. The molecule has 4 nitrogen and oxygen atoms in total. The van der Waals surface area contributed by atoms with E-state index in [0.717, 1.165) is 16.3 Å². The number of nitriles is 1. The SMILES string of the molecule is N#C/C(=C\c1ccc(OCc2cccc3ccccc23)c(Cl)c1)C(=O)Nc1ccccc1. The van der Waals surface area contributed by atoms with Gasteiger partial charge in [0, 0.05) is 5.69 Å². The number of fused-ring (bicyclic) bond motifs is 1. The van der Waals surface area contributed by atoms with Crippen molar-refractivity contribution in [2.75, 3.05) is 5.32 Å². The van der Waals surface area contributed by atoms with Crippen molar-refractivity contribution in [1.29, 1.82) is 5.26 Å². The van der Waals surface area contributed by atoms with Gasteiger partial charge in [-0.2, -0.15) is 5.26 Å². The molecular weight excluding hydrogens is 420 g/mol. The summed E-state index contributed by atoms with van der Waals surface area (Å²) < 4.78 is 5.95. The van der Waals surface area contributed by atoms with Gasteiger partial charge in [0.25, 0.3) is 5.91 Å². The molecule has 0 fully saturated rings. The molecule has 0 atom stereocenters. The van der Waals surface area contributed by atoms with Gasteiger partial charge in [0.15, 0.2) is 0 Å². The van der Waals surface area contributed by atoms with Crippen LogP contribution in [0.15, 0.2) is 96.6 Å². The number of hydrogen-bond donors (Lipinski definition) is 1. The lowest BCUT2D eigenvalue weighted by Crippen LogP contribution is -2.13. The molecule has 4 aromatic rings. The van der Waals surface area contributed by atoms with Gasteiger partial charge in [0.1, 0.15) is 24.0 Å². The Morgan fingerprint density at radius 1 is 0.969 bits per heavy atom. The molecule has 0 unspecified atom stereocenters. The Kier molecular flexibility index (Phi) is 6.50. The summed E-state index contributed by atoms with van der Waals surface area (Å²) in [7, 11) is 0. The zero-order valence-corrected chi connectivity index (χ0v) is 17.8. The van der Waals surface area contributed by atoms with Crippen LogP contribution < -0.4 is 10.1 Å². The van der Waals surface area contributed by atoms with Crippen molar-refractivity contribution < 1.29 is 9.53 Å². The number of carbonyl (C=O) groups is 1. The summed E-state index contributed by atoms with van der Waals surface area (Å²) in [5, 5.41) is 14.8. The van der Waals surface area contributed by atoms with E-state index in [2.05, 4.69) is 23.5 Å². The summed E-state index contributed by atoms with van der Waals surface area (Å²) in [6, 6.07) is 30.3. The molecular formula is C27H19ClN2O2. The third-order valence-electron chi connectivity index (χ3n) is 4.93. The first-order valence-electron chi connectivity index (χ1n) is 10.0. The van der Waals surface area contributed by atoms with Gasteiger partial charge >= 0.3 is 0 Å².